The zero-order valence-corrected chi connectivity index (χ0v) is 13.7. The number of nitrogens with one attached hydrogen (secondary N) is 2. The van der Waals surface area contributed by atoms with Crippen molar-refractivity contribution in [1.29, 1.82) is 0 Å². The number of amides is 2. The molecule has 1 aliphatic rings. The Labute approximate surface area is 135 Å². The summed E-state index contributed by atoms with van der Waals surface area (Å²) in [5, 5.41) is 4.97. The average Bonchev–Trinajstić information content (AvgIpc) is 2.86. The molecule has 1 unspecified atom stereocenters. The van der Waals surface area contributed by atoms with Crippen molar-refractivity contribution in [2.45, 2.75) is 18.9 Å². The van der Waals surface area contributed by atoms with E-state index in [1.165, 1.54) is 0 Å². The monoisotopic (exact) mass is 340 g/mol. The molecule has 2 rings (SSSR count). The average molecular weight is 340 g/mol. The highest BCUT2D eigenvalue weighted by Gasteiger charge is 2.30. The number of benzene rings is 1. The number of sulfone groups is 1. The molecule has 0 aliphatic carbocycles. The van der Waals surface area contributed by atoms with E-state index < -0.39 is 27.7 Å². The summed E-state index contributed by atoms with van der Waals surface area (Å²) in [4.78, 5) is 23.5. The lowest BCUT2D eigenvalue weighted by molar-refractivity contribution is -0.139. The number of hydrogen-bond acceptors (Lipinski definition) is 5. The van der Waals surface area contributed by atoms with Gasteiger partial charge in [0, 0.05) is 12.6 Å². The lowest BCUT2D eigenvalue weighted by Gasteiger charge is -2.11. The van der Waals surface area contributed by atoms with Gasteiger partial charge in [0.25, 0.3) is 0 Å². The molecule has 1 aromatic carbocycles. The summed E-state index contributed by atoms with van der Waals surface area (Å²) in [6.45, 7) is 0.287. The van der Waals surface area contributed by atoms with Gasteiger partial charge in [-0.1, -0.05) is 18.2 Å². The first kappa shape index (κ1) is 17.3. The molecule has 0 spiro atoms. The Morgan fingerprint density at radius 1 is 1.26 bits per heavy atom. The Morgan fingerprint density at radius 2 is 2.00 bits per heavy atom. The van der Waals surface area contributed by atoms with Crippen molar-refractivity contribution in [3.8, 4) is 5.75 Å². The molecule has 1 aliphatic heterocycles. The molecule has 1 saturated heterocycles. The third-order valence-electron chi connectivity index (χ3n) is 3.65. The molecule has 0 saturated carbocycles. The Kier molecular flexibility index (Phi) is 5.59. The van der Waals surface area contributed by atoms with Gasteiger partial charge in [0.2, 0.25) is 0 Å². The Bertz CT molecular complexity index is 687. The highest BCUT2D eigenvalue weighted by molar-refractivity contribution is 7.91. The van der Waals surface area contributed by atoms with Crippen LogP contribution in [0.25, 0.3) is 0 Å². The Hall–Kier alpha value is -2.09. The SMILES string of the molecule is COc1ccccc1CCNC(=O)C(=O)NC1CCS(=O)(=O)C1. The van der Waals surface area contributed by atoms with Crippen LogP contribution in [0.1, 0.15) is 12.0 Å². The zero-order chi connectivity index (χ0) is 16.9. The van der Waals surface area contributed by atoms with E-state index in [0.29, 0.717) is 12.8 Å². The van der Waals surface area contributed by atoms with Gasteiger partial charge < -0.3 is 15.4 Å². The molecule has 1 fully saturated rings. The maximum Gasteiger partial charge on any atom is 0.309 e. The zero-order valence-electron chi connectivity index (χ0n) is 12.9. The van der Waals surface area contributed by atoms with Crippen molar-refractivity contribution >= 4 is 21.7 Å². The number of carbonyl (C=O) groups excluding carboxylic acids is 2. The first-order valence-corrected chi connectivity index (χ1v) is 9.14. The summed E-state index contributed by atoms with van der Waals surface area (Å²) in [6, 6.07) is 6.95. The van der Waals surface area contributed by atoms with Crippen LogP contribution in [-0.4, -0.2) is 51.4 Å². The molecule has 2 N–H and O–H groups in total. The topological polar surface area (TPSA) is 102 Å². The molecule has 1 heterocycles. The highest BCUT2D eigenvalue weighted by Crippen LogP contribution is 2.17. The molecule has 0 aromatic heterocycles. The fraction of sp³-hybridized carbons (Fsp3) is 0.467. The molecule has 0 radical (unpaired) electrons. The second-order valence-electron chi connectivity index (χ2n) is 5.39. The fourth-order valence-corrected chi connectivity index (χ4v) is 4.13. The number of rotatable bonds is 5. The minimum Gasteiger partial charge on any atom is -0.496 e. The van der Waals surface area contributed by atoms with Crippen LogP contribution < -0.4 is 15.4 Å². The summed E-state index contributed by atoms with van der Waals surface area (Å²) in [5.74, 6) is -0.890. The third-order valence-corrected chi connectivity index (χ3v) is 5.41. The predicted octanol–water partition coefficient (Wildman–Crippen LogP) is -0.343. The van der Waals surface area contributed by atoms with Crippen molar-refractivity contribution in [3.63, 3.8) is 0 Å². The summed E-state index contributed by atoms with van der Waals surface area (Å²) in [6.07, 6.45) is 0.878. The molecule has 8 heteroatoms. The van der Waals surface area contributed by atoms with Gasteiger partial charge >= 0.3 is 11.8 Å². The molecule has 23 heavy (non-hydrogen) atoms. The van der Waals surface area contributed by atoms with Gasteiger partial charge in [0.15, 0.2) is 9.84 Å². The molecular weight excluding hydrogens is 320 g/mol. The normalized spacial score (nSPS) is 19.1. The van der Waals surface area contributed by atoms with Crippen molar-refractivity contribution in [3.05, 3.63) is 29.8 Å². The standard InChI is InChI=1S/C15H20N2O5S/c1-22-13-5-3-2-4-11(13)6-8-16-14(18)15(19)17-12-7-9-23(20,21)10-12/h2-5,12H,6-10H2,1H3,(H,16,18)(H,17,19). The summed E-state index contributed by atoms with van der Waals surface area (Å²) >= 11 is 0. The fourth-order valence-electron chi connectivity index (χ4n) is 2.46. The van der Waals surface area contributed by atoms with E-state index in [4.69, 9.17) is 4.74 Å². The van der Waals surface area contributed by atoms with E-state index >= 15 is 0 Å². The van der Waals surface area contributed by atoms with Gasteiger partial charge in [-0.3, -0.25) is 9.59 Å². The van der Waals surface area contributed by atoms with Gasteiger partial charge in [0.1, 0.15) is 5.75 Å². The van der Waals surface area contributed by atoms with Crippen LogP contribution in [0.15, 0.2) is 24.3 Å². The molecule has 2 amide bonds. The van der Waals surface area contributed by atoms with Gasteiger partial charge in [0.05, 0.1) is 18.6 Å². The molecular formula is C15H20N2O5S. The quantitative estimate of drug-likeness (QED) is 0.714. The van der Waals surface area contributed by atoms with Crippen LogP contribution in [0.4, 0.5) is 0 Å². The lowest BCUT2D eigenvalue weighted by atomic mass is 10.1. The maximum atomic E-state index is 11.7. The molecule has 0 bridgehead atoms. The van der Waals surface area contributed by atoms with Crippen molar-refractivity contribution in [2.75, 3.05) is 25.2 Å². The van der Waals surface area contributed by atoms with Crippen LogP contribution in [0, 0.1) is 0 Å². The van der Waals surface area contributed by atoms with Crippen molar-refractivity contribution < 1.29 is 22.7 Å². The van der Waals surface area contributed by atoms with E-state index in [2.05, 4.69) is 10.6 Å². The highest BCUT2D eigenvalue weighted by atomic mass is 32.2. The van der Waals surface area contributed by atoms with E-state index in [1.54, 1.807) is 7.11 Å². The van der Waals surface area contributed by atoms with Crippen LogP contribution in [-0.2, 0) is 25.8 Å². The molecule has 1 atom stereocenters. The van der Waals surface area contributed by atoms with E-state index in [-0.39, 0.29) is 18.1 Å². The minimum absolute atomic E-state index is 0.0490. The molecule has 1 aromatic rings. The van der Waals surface area contributed by atoms with Crippen LogP contribution >= 0.6 is 0 Å². The lowest BCUT2D eigenvalue weighted by Crippen LogP contribution is -2.45. The number of para-hydroxylation sites is 1. The Morgan fingerprint density at radius 3 is 2.65 bits per heavy atom. The van der Waals surface area contributed by atoms with E-state index in [9.17, 15) is 18.0 Å². The van der Waals surface area contributed by atoms with Crippen LogP contribution in [0.2, 0.25) is 0 Å². The number of ether oxygens (including phenoxy) is 1. The summed E-state index contributed by atoms with van der Waals surface area (Å²) < 4.78 is 27.8. The smallest absolute Gasteiger partial charge is 0.309 e. The van der Waals surface area contributed by atoms with Crippen LogP contribution in [0.3, 0.4) is 0 Å². The van der Waals surface area contributed by atoms with E-state index in [0.717, 1.165) is 11.3 Å². The van der Waals surface area contributed by atoms with Crippen molar-refractivity contribution in [1.82, 2.24) is 10.6 Å². The summed E-state index contributed by atoms with van der Waals surface area (Å²) in [5.41, 5.74) is 0.928. The summed E-state index contributed by atoms with van der Waals surface area (Å²) in [7, 11) is -1.52. The number of carbonyl (C=O) groups is 2. The molecule has 126 valence electrons. The van der Waals surface area contributed by atoms with Crippen LogP contribution in [0.5, 0.6) is 5.75 Å². The maximum absolute atomic E-state index is 11.7. The van der Waals surface area contributed by atoms with E-state index in [1.807, 2.05) is 24.3 Å². The second-order valence-corrected chi connectivity index (χ2v) is 7.62. The Balaban J connectivity index is 1.77. The number of hydrogen-bond donors (Lipinski definition) is 2. The van der Waals surface area contributed by atoms with Gasteiger partial charge in [-0.2, -0.15) is 0 Å². The molecule has 7 nitrogen and oxygen atoms in total. The minimum atomic E-state index is -3.09. The number of methoxy groups -OCH3 is 1. The largest absolute Gasteiger partial charge is 0.496 e. The first-order chi connectivity index (χ1) is 10.9. The van der Waals surface area contributed by atoms with Gasteiger partial charge in [-0.25, -0.2) is 8.42 Å². The van der Waals surface area contributed by atoms with Gasteiger partial charge in [-0.15, -0.1) is 0 Å². The van der Waals surface area contributed by atoms with Crippen molar-refractivity contribution in [2.24, 2.45) is 0 Å². The third kappa shape index (κ3) is 4.95. The van der Waals surface area contributed by atoms with Gasteiger partial charge in [-0.05, 0) is 24.5 Å². The predicted molar refractivity (Wildman–Crippen MR) is 84.9 cm³/mol. The second kappa shape index (κ2) is 7.45. The first-order valence-electron chi connectivity index (χ1n) is 7.32.